The van der Waals surface area contributed by atoms with E-state index >= 15 is 0 Å². The molecule has 3 unspecified atom stereocenters. The van der Waals surface area contributed by atoms with Gasteiger partial charge in [0.1, 0.15) is 12.4 Å². The third-order valence-electron chi connectivity index (χ3n) is 5.60. The minimum absolute atomic E-state index is 0.0250. The first-order valence-corrected chi connectivity index (χ1v) is 9.33. The molecule has 1 N–H and O–H groups in total. The van der Waals surface area contributed by atoms with Crippen molar-refractivity contribution in [3.63, 3.8) is 0 Å². The molecule has 6 nitrogen and oxygen atoms in total. The van der Waals surface area contributed by atoms with Crippen LogP contribution in [-0.4, -0.2) is 63.8 Å². The second-order valence-corrected chi connectivity index (χ2v) is 7.64. The van der Waals surface area contributed by atoms with Crippen molar-refractivity contribution in [3.05, 3.63) is 48.0 Å². The number of ether oxygens (including phenoxy) is 1. The van der Waals surface area contributed by atoms with Gasteiger partial charge in [-0.1, -0.05) is 0 Å². The summed E-state index contributed by atoms with van der Waals surface area (Å²) in [4.78, 5) is 13.0. The number of aromatic nitrogens is 2. The van der Waals surface area contributed by atoms with Gasteiger partial charge in [0.25, 0.3) is 6.10 Å². The number of benzene rings is 1. The molecule has 0 spiro atoms. The minimum Gasteiger partial charge on any atom is -0.430 e. The lowest BCUT2D eigenvalue weighted by Gasteiger charge is -2.29. The average Bonchev–Trinajstić information content (AvgIpc) is 3.07. The number of carbonyl (C=O) groups excluding carboxylic acids is 1. The summed E-state index contributed by atoms with van der Waals surface area (Å²) in [5.41, 5.74) is 1.36. The lowest BCUT2D eigenvalue weighted by molar-refractivity contribution is -0.276. The van der Waals surface area contributed by atoms with E-state index in [1.54, 1.807) is 29.1 Å². The first kappa shape index (κ1) is 21.5. The number of hydrogen-bond donors (Lipinski definition) is 1. The van der Waals surface area contributed by atoms with Crippen LogP contribution in [0, 0.1) is 17.7 Å². The van der Waals surface area contributed by atoms with Crippen LogP contribution in [0.25, 0.3) is 5.69 Å². The molecule has 2 aliphatic rings. The molecule has 12 heteroatoms. The Bertz CT molecular complexity index is 950. The Morgan fingerprint density at radius 1 is 1.13 bits per heavy atom. The Kier molecular flexibility index (Phi) is 5.15. The molecule has 1 aliphatic carbocycles. The predicted octanol–water partition coefficient (Wildman–Crippen LogP) is 3.35. The van der Waals surface area contributed by atoms with Crippen molar-refractivity contribution < 1.29 is 41.0 Å². The first-order chi connectivity index (χ1) is 14.5. The van der Waals surface area contributed by atoms with Crippen LogP contribution in [0.4, 0.5) is 31.1 Å². The number of halogens is 6. The third-order valence-corrected chi connectivity index (χ3v) is 5.60. The van der Waals surface area contributed by atoms with E-state index in [-0.39, 0.29) is 36.7 Å². The SMILES string of the molecule is O=C(OC(C(F)(F)F)C(F)(F)CO)N1CC2C(C1)C2c1ccn(-c2ccc(F)cc2)n1. The quantitative estimate of drug-likeness (QED) is 0.712. The number of likely N-dealkylation sites (tertiary alicyclic amines) is 1. The monoisotopic (exact) mass is 449 g/mol. The summed E-state index contributed by atoms with van der Waals surface area (Å²) in [5.74, 6) is -5.21. The Morgan fingerprint density at radius 3 is 2.29 bits per heavy atom. The van der Waals surface area contributed by atoms with E-state index in [2.05, 4.69) is 9.84 Å². The van der Waals surface area contributed by atoms with Crippen molar-refractivity contribution in [2.24, 2.45) is 11.8 Å². The van der Waals surface area contributed by atoms with E-state index in [9.17, 15) is 31.1 Å². The van der Waals surface area contributed by atoms with Crippen LogP contribution in [0.1, 0.15) is 11.6 Å². The number of amides is 1. The van der Waals surface area contributed by atoms with E-state index in [1.165, 1.54) is 12.1 Å². The molecule has 3 atom stereocenters. The number of fused-ring (bicyclic) bond motifs is 1. The van der Waals surface area contributed by atoms with Crippen LogP contribution in [0.5, 0.6) is 0 Å². The summed E-state index contributed by atoms with van der Waals surface area (Å²) in [7, 11) is 0. The van der Waals surface area contributed by atoms with Crippen molar-refractivity contribution in [1.82, 2.24) is 14.7 Å². The van der Waals surface area contributed by atoms with E-state index in [1.807, 2.05) is 0 Å². The van der Waals surface area contributed by atoms with Crippen LogP contribution < -0.4 is 0 Å². The van der Waals surface area contributed by atoms with Gasteiger partial charge in [-0.3, -0.25) is 0 Å². The zero-order chi connectivity index (χ0) is 22.6. The number of nitrogens with zero attached hydrogens (tertiary/aromatic N) is 3. The molecule has 1 aromatic carbocycles. The van der Waals surface area contributed by atoms with E-state index in [4.69, 9.17) is 5.11 Å². The molecule has 2 fully saturated rings. The minimum atomic E-state index is -5.53. The molecule has 1 saturated carbocycles. The Hall–Kier alpha value is -2.76. The number of alkyl halides is 5. The maximum absolute atomic E-state index is 13.4. The molecule has 31 heavy (non-hydrogen) atoms. The van der Waals surface area contributed by atoms with Crippen molar-refractivity contribution in [2.45, 2.75) is 24.1 Å². The van der Waals surface area contributed by atoms with Gasteiger partial charge in [0.2, 0.25) is 0 Å². The molecule has 4 rings (SSSR count). The largest absolute Gasteiger partial charge is 0.431 e. The second kappa shape index (κ2) is 7.43. The summed E-state index contributed by atoms with van der Waals surface area (Å²) in [6, 6.07) is 7.45. The molecule has 2 heterocycles. The molecule has 2 aromatic rings. The van der Waals surface area contributed by atoms with E-state index in [0.717, 1.165) is 4.90 Å². The van der Waals surface area contributed by atoms with E-state index < -0.39 is 30.9 Å². The molecule has 1 aromatic heterocycles. The van der Waals surface area contributed by atoms with Crippen molar-refractivity contribution in [1.29, 1.82) is 0 Å². The topological polar surface area (TPSA) is 67.6 Å². The molecule has 1 saturated heterocycles. The van der Waals surface area contributed by atoms with Crippen molar-refractivity contribution >= 4 is 6.09 Å². The van der Waals surface area contributed by atoms with Gasteiger partial charge in [-0.05, 0) is 42.2 Å². The Balaban J connectivity index is 1.37. The van der Waals surface area contributed by atoms with Gasteiger partial charge >= 0.3 is 18.2 Å². The number of hydrogen-bond acceptors (Lipinski definition) is 4. The number of aliphatic hydroxyl groups excluding tert-OH is 1. The fourth-order valence-electron chi connectivity index (χ4n) is 4.02. The molecule has 168 valence electrons. The highest BCUT2D eigenvalue weighted by molar-refractivity contribution is 5.69. The normalized spacial score (nSPS) is 24.1. The zero-order valence-corrected chi connectivity index (χ0v) is 15.8. The number of rotatable bonds is 5. The number of piperidine rings is 1. The summed E-state index contributed by atoms with van der Waals surface area (Å²) < 4.78 is 84.0. The standard InChI is InChI=1S/C19H17F6N3O3/c20-10-1-3-11(4-2-10)28-6-5-14(26-28)15-12-7-27(8-13(12)15)17(30)31-16(19(23,24)25)18(21,22)9-29/h1-6,12-13,15-16,29H,7-9H2. The van der Waals surface area contributed by atoms with Crippen LogP contribution in [0.3, 0.4) is 0 Å². The molecular formula is C19H17F6N3O3. The Labute approximate surface area is 172 Å². The average molecular weight is 449 g/mol. The lowest BCUT2D eigenvalue weighted by atomic mass is 10.2. The van der Waals surface area contributed by atoms with Gasteiger partial charge in [-0.15, -0.1) is 0 Å². The van der Waals surface area contributed by atoms with Crippen LogP contribution in [0.2, 0.25) is 0 Å². The molecular weight excluding hydrogens is 432 g/mol. The summed E-state index contributed by atoms with van der Waals surface area (Å²) in [5, 5.41) is 13.0. The van der Waals surface area contributed by atoms with Gasteiger partial charge in [0.05, 0.1) is 11.4 Å². The lowest BCUT2D eigenvalue weighted by Crippen LogP contribution is -2.51. The first-order valence-electron chi connectivity index (χ1n) is 9.33. The van der Waals surface area contributed by atoms with Gasteiger partial charge < -0.3 is 14.7 Å². The van der Waals surface area contributed by atoms with Gasteiger partial charge in [-0.25, -0.2) is 13.9 Å². The van der Waals surface area contributed by atoms with Crippen molar-refractivity contribution in [3.8, 4) is 5.69 Å². The van der Waals surface area contributed by atoms with Gasteiger partial charge in [0, 0.05) is 25.2 Å². The summed E-state index contributed by atoms with van der Waals surface area (Å²) in [6.07, 6.45) is -9.07. The number of carbonyl (C=O) groups is 1. The zero-order valence-electron chi connectivity index (χ0n) is 15.8. The summed E-state index contributed by atoms with van der Waals surface area (Å²) in [6.45, 7) is -2.01. The van der Waals surface area contributed by atoms with Gasteiger partial charge in [-0.2, -0.15) is 27.1 Å². The van der Waals surface area contributed by atoms with Crippen molar-refractivity contribution in [2.75, 3.05) is 19.7 Å². The fraction of sp³-hybridized carbons (Fsp3) is 0.474. The van der Waals surface area contributed by atoms with E-state index in [0.29, 0.717) is 11.4 Å². The molecule has 0 radical (unpaired) electrons. The molecule has 0 bridgehead atoms. The Morgan fingerprint density at radius 2 is 1.74 bits per heavy atom. The van der Waals surface area contributed by atoms with Crippen LogP contribution >= 0.6 is 0 Å². The smallest absolute Gasteiger partial charge is 0.430 e. The molecule has 1 amide bonds. The van der Waals surface area contributed by atoms with Gasteiger partial charge in [0.15, 0.2) is 0 Å². The maximum atomic E-state index is 13.4. The highest BCUT2D eigenvalue weighted by Gasteiger charge is 2.61. The second-order valence-electron chi connectivity index (χ2n) is 7.64. The summed E-state index contributed by atoms with van der Waals surface area (Å²) >= 11 is 0. The third kappa shape index (κ3) is 4.08. The maximum Gasteiger partial charge on any atom is 0.431 e. The highest BCUT2D eigenvalue weighted by Crippen LogP contribution is 2.58. The van der Waals surface area contributed by atoms with Crippen LogP contribution in [-0.2, 0) is 4.74 Å². The highest BCUT2D eigenvalue weighted by atomic mass is 19.4. The van der Waals surface area contributed by atoms with Crippen LogP contribution in [0.15, 0.2) is 36.5 Å². The molecule has 1 aliphatic heterocycles. The fourth-order valence-corrected chi connectivity index (χ4v) is 4.02. The number of aliphatic hydroxyl groups is 1. The predicted molar refractivity (Wildman–Crippen MR) is 93.2 cm³/mol.